The van der Waals surface area contributed by atoms with Crippen molar-refractivity contribution in [1.29, 1.82) is 0 Å². The van der Waals surface area contributed by atoms with Crippen molar-refractivity contribution < 1.29 is 9.59 Å². The molecule has 1 aromatic carbocycles. The molecule has 0 saturated carbocycles. The molecule has 6 nitrogen and oxygen atoms in total. The van der Waals surface area contributed by atoms with Crippen LogP contribution in [0.25, 0.3) is 0 Å². The number of nitrogens with one attached hydrogen (secondary N) is 1. The highest BCUT2D eigenvalue weighted by Crippen LogP contribution is 2.12. The van der Waals surface area contributed by atoms with Gasteiger partial charge in [0.1, 0.15) is 0 Å². The summed E-state index contributed by atoms with van der Waals surface area (Å²) in [6.45, 7) is 5.11. The lowest BCUT2D eigenvalue weighted by Gasteiger charge is -2.34. The molecule has 0 spiro atoms. The van der Waals surface area contributed by atoms with Crippen LogP contribution in [0.2, 0.25) is 0 Å². The lowest BCUT2D eigenvalue weighted by molar-refractivity contribution is -0.132. The molecule has 26 heavy (non-hydrogen) atoms. The Labute approximate surface area is 162 Å². The molecule has 7 heteroatoms. The number of benzene rings is 1. The number of piperazine rings is 1. The molecule has 0 atom stereocenters. The minimum absolute atomic E-state index is 0. The zero-order valence-electron chi connectivity index (χ0n) is 15.6. The summed E-state index contributed by atoms with van der Waals surface area (Å²) in [6, 6.07) is 7.66. The van der Waals surface area contributed by atoms with Crippen LogP contribution < -0.4 is 11.1 Å². The van der Waals surface area contributed by atoms with Crippen LogP contribution in [-0.4, -0.2) is 54.5 Å². The molecule has 0 radical (unpaired) electrons. The number of halogens is 1. The van der Waals surface area contributed by atoms with Crippen LogP contribution in [0.5, 0.6) is 0 Å². The summed E-state index contributed by atoms with van der Waals surface area (Å²) in [6.07, 6.45) is 4.70. The van der Waals surface area contributed by atoms with Crippen LogP contribution >= 0.6 is 12.4 Å². The number of urea groups is 1. The summed E-state index contributed by atoms with van der Waals surface area (Å²) in [5.74, 6) is 0.200. The Morgan fingerprint density at radius 1 is 1.04 bits per heavy atom. The summed E-state index contributed by atoms with van der Waals surface area (Å²) in [7, 11) is 0. The van der Waals surface area contributed by atoms with Gasteiger partial charge in [-0.05, 0) is 44.0 Å². The number of aryl methyl sites for hydroxylation is 1. The van der Waals surface area contributed by atoms with Gasteiger partial charge < -0.3 is 20.9 Å². The summed E-state index contributed by atoms with van der Waals surface area (Å²) in [4.78, 5) is 28.2. The fraction of sp³-hybridized carbons (Fsp3) is 0.579. The molecular formula is C19H31ClN4O2. The van der Waals surface area contributed by atoms with E-state index in [9.17, 15) is 9.59 Å². The van der Waals surface area contributed by atoms with Crippen LogP contribution in [0.1, 0.15) is 37.7 Å². The fourth-order valence-electron chi connectivity index (χ4n) is 3.02. The van der Waals surface area contributed by atoms with E-state index >= 15 is 0 Å². The molecule has 0 bridgehead atoms. The number of nitrogens with two attached hydrogens (primary N) is 1. The van der Waals surface area contributed by atoms with E-state index in [1.165, 1.54) is 0 Å². The predicted molar refractivity (Wildman–Crippen MR) is 108 cm³/mol. The lowest BCUT2D eigenvalue weighted by Crippen LogP contribution is -2.51. The van der Waals surface area contributed by atoms with Gasteiger partial charge in [0.25, 0.3) is 0 Å². The van der Waals surface area contributed by atoms with Gasteiger partial charge in [0.15, 0.2) is 0 Å². The van der Waals surface area contributed by atoms with Crippen molar-refractivity contribution in [1.82, 2.24) is 9.80 Å². The Kier molecular flexibility index (Phi) is 10.1. The quantitative estimate of drug-likeness (QED) is 0.711. The third kappa shape index (κ3) is 7.22. The van der Waals surface area contributed by atoms with Crippen molar-refractivity contribution in [3.8, 4) is 0 Å². The van der Waals surface area contributed by atoms with Crippen LogP contribution in [0.15, 0.2) is 24.3 Å². The number of nitrogens with zero attached hydrogens (tertiary/aromatic N) is 2. The molecule has 1 saturated heterocycles. The first kappa shape index (κ1) is 22.3. The van der Waals surface area contributed by atoms with Crippen LogP contribution in [0.4, 0.5) is 10.5 Å². The second-order valence-electron chi connectivity index (χ2n) is 6.62. The normalized spacial score (nSPS) is 13.9. The highest BCUT2D eigenvalue weighted by Gasteiger charge is 2.23. The maximum atomic E-state index is 12.3. The van der Waals surface area contributed by atoms with E-state index in [1.807, 2.05) is 36.1 Å². The molecule has 0 unspecified atom stereocenters. The third-order valence-corrected chi connectivity index (χ3v) is 4.53. The number of amides is 3. The molecule has 1 aliphatic rings. The van der Waals surface area contributed by atoms with E-state index in [2.05, 4.69) is 5.32 Å². The highest BCUT2D eigenvalue weighted by atomic mass is 35.5. The number of carbonyl (C=O) groups is 2. The van der Waals surface area contributed by atoms with Crippen molar-refractivity contribution in [3.05, 3.63) is 29.8 Å². The molecule has 146 valence electrons. The van der Waals surface area contributed by atoms with Crippen molar-refractivity contribution in [2.24, 2.45) is 5.73 Å². The Morgan fingerprint density at radius 3 is 2.35 bits per heavy atom. The average molecular weight is 383 g/mol. The number of carbonyl (C=O) groups excluding carboxylic acids is 2. The molecule has 2 rings (SSSR count). The number of hydrogen-bond donors (Lipinski definition) is 2. The molecule has 3 N–H and O–H groups in total. The molecule has 3 amide bonds. The van der Waals surface area contributed by atoms with E-state index in [1.54, 1.807) is 4.90 Å². The van der Waals surface area contributed by atoms with Crippen molar-refractivity contribution in [2.75, 3.05) is 38.0 Å². The molecule has 1 aliphatic heterocycles. The van der Waals surface area contributed by atoms with Crippen LogP contribution in [-0.2, 0) is 4.79 Å². The van der Waals surface area contributed by atoms with Gasteiger partial charge in [0.2, 0.25) is 5.91 Å². The first-order valence-corrected chi connectivity index (χ1v) is 9.20. The maximum absolute atomic E-state index is 12.3. The van der Waals surface area contributed by atoms with Crippen molar-refractivity contribution in [3.63, 3.8) is 0 Å². The molecule has 1 aromatic rings. The summed E-state index contributed by atoms with van der Waals surface area (Å²) in [5, 5.41) is 2.92. The van der Waals surface area contributed by atoms with Crippen LogP contribution in [0, 0.1) is 6.92 Å². The third-order valence-electron chi connectivity index (χ3n) is 4.53. The van der Waals surface area contributed by atoms with Gasteiger partial charge in [-0.2, -0.15) is 0 Å². The standard InChI is InChI=1S/C19H30N4O2.ClH/c1-16-7-6-8-17(15-16)21-19(25)23-13-11-22(12-14-23)18(24)9-4-2-3-5-10-20;/h6-8,15H,2-5,9-14,20H2,1H3,(H,21,25);1H. The number of anilines is 1. The van der Waals surface area contributed by atoms with E-state index < -0.39 is 0 Å². The first-order valence-electron chi connectivity index (χ1n) is 9.20. The van der Waals surface area contributed by atoms with E-state index in [4.69, 9.17) is 5.73 Å². The molecule has 1 heterocycles. The predicted octanol–water partition coefficient (Wildman–Crippen LogP) is 3.00. The zero-order valence-corrected chi connectivity index (χ0v) is 16.4. The van der Waals surface area contributed by atoms with Crippen molar-refractivity contribution >= 4 is 30.0 Å². The summed E-state index contributed by atoms with van der Waals surface area (Å²) >= 11 is 0. The van der Waals surface area contributed by atoms with Gasteiger partial charge in [-0.15, -0.1) is 12.4 Å². The maximum Gasteiger partial charge on any atom is 0.321 e. The number of hydrogen-bond acceptors (Lipinski definition) is 3. The van der Waals surface area contributed by atoms with Gasteiger partial charge in [0.05, 0.1) is 0 Å². The van der Waals surface area contributed by atoms with E-state index in [0.29, 0.717) is 32.6 Å². The minimum atomic E-state index is -0.0977. The summed E-state index contributed by atoms with van der Waals surface area (Å²) in [5.41, 5.74) is 7.39. The molecule has 0 aliphatic carbocycles. The zero-order chi connectivity index (χ0) is 18.1. The average Bonchev–Trinajstić information content (AvgIpc) is 2.61. The highest BCUT2D eigenvalue weighted by molar-refractivity contribution is 5.89. The molecule has 0 aromatic heterocycles. The fourth-order valence-corrected chi connectivity index (χ4v) is 3.02. The largest absolute Gasteiger partial charge is 0.339 e. The van der Waals surface area contributed by atoms with Gasteiger partial charge in [0, 0.05) is 38.3 Å². The smallest absolute Gasteiger partial charge is 0.321 e. The Bertz CT molecular complexity index is 574. The Morgan fingerprint density at radius 2 is 1.69 bits per heavy atom. The molecule has 1 fully saturated rings. The molecular weight excluding hydrogens is 352 g/mol. The SMILES string of the molecule is Cc1cccc(NC(=O)N2CCN(C(=O)CCCCCCN)CC2)c1.Cl. The monoisotopic (exact) mass is 382 g/mol. The van der Waals surface area contributed by atoms with Crippen LogP contribution in [0.3, 0.4) is 0 Å². The van der Waals surface area contributed by atoms with Gasteiger partial charge in [-0.25, -0.2) is 4.79 Å². The summed E-state index contributed by atoms with van der Waals surface area (Å²) < 4.78 is 0. The Hall–Kier alpha value is -1.79. The number of rotatable bonds is 7. The topological polar surface area (TPSA) is 78.7 Å². The van der Waals surface area contributed by atoms with Crippen molar-refractivity contribution in [2.45, 2.75) is 39.0 Å². The van der Waals surface area contributed by atoms with Gasteiger partial charge in [-0.3, -0.25) is 4.79 Å². The second kappa shape index (κ2) is 11.8. The van der Waals surface area contributed by atoms with E-state index in [-0.39, 0.29) is 24.3 Å². The van der Waals surface area contributed by atoms with E-state index in [0.717, 1.165) is 43.5 Å². The van der Waals surface area contributed by atoms with Gasteiger partial charge >= 0.3 is 6.03 Å². The second-order valence-corrected chi connectivity index (χ2v) is 6.62. The van der Waals surface area contributed by atoms with Gasteiger partial charge in [-0.1, -0.05) is 25.0 Å². The number of unbranched alkanes of at least 4 members (excludes halogenated alkanes) is 3. The Balaban J connectivity index is 0.00000338. The first-order chi connectivity index (χ1) is 12.1. The lowest BCUT2D eigenvalue weighted by atomic mass is 10.1. The minimum Gasteiger partial charge on any atom is -0.339 e.